The predicted molar refractivity (Wildman–Crippen MR) is 218 cm³/mol. The molecule has 11 nitrogen and oxygen atoms in total. The monoisotopic (exact) mass is 769 g/mol. The molecule has 0 unspecified atom stereocenters. The van der Waals surface area contributed by atoms with E-state index in [9.17, 15) is 19.2 Å². The van der Waals surface area contributed by atoms with Gasteiger partial charge in [0.1, 0.15) is 6.04 Å². The minimum absolute atomic E-state index is 0.0757. The zero-order chi connectivity index (χ0) is 41.0. The van der Waals surface area contributed by atoms with Gasteiger partial charge in [0.2, 0.25) is 23.6 Å². The average molecular weight is 770 g/mol. The lowest BCUT2D eigenvalue weighted by Crippen LogP contribution is -2.64. The van der Waals surface area contributed by atoms with Crippen LogP contribution < -0.4 is 21.7 Å². The van der Waals surface area contributed by atoms with E-state index in [4.69, 9.17) is 10.8 Å². The maximum Gasteiger partial charge on any atom is 0.303 e. The van der Waals surface area contributed by atoms with Gasteiger partial charge in [-0.1, -0.05) is 59.6 Å². The summed E-state index contributed by atoms with van der Waals surface area (Å²) in [6, 6.07) is 10.6. The second-order valence-electron chi connectivity index (χ2n) is 18.6. The molecule has 0 spiro atoms. The normalized spacial score (nSPS) is 31.6. The van der Waals surface area contributed by atoms with Crippen molar-refractivity contribution < 1.29 is 29.1 Å². The van der Waals surface area contributed by atoms with Gasteiger partial charge in [0, 0.05) is 24.8 Å². The zero-order valence-electron chi connectivity index (χ0n) is 34.7. The fraction of sp³-hybridized carbons (Fsp3) is 0.622. The van der Waals surface area contributed by atoms with Crippen LogP contribution in [0.1, 0.15) is 128 Å². The Hall–Kier alpha value is -4.25. The molecule has 2 saturated carbocycles. The summed E-state index contributed by atoms with van der Waals surface area (Å²) in [6.07, 6.45) is 8.29. The molecule has 0 saturated heterocycles. The second kappa shape index (κ2) is 14.9. The highest BCUT2D eigenvalue weighted by molar-refractivity contribution is 6.01. The molecule has 2 fully saturated rings. The van der Waals surface area contributed by atoms with Gasteiger partial charge >= 0.3 is 5.97 Å². The summed E-state index contributed by atoms with van der Waals surface area (Å²) in [5.41, 5.74) is 9.91. The van der Waals surface area contributed by atoms with Crippen molar-refractivity contribution in [3.8, 4) is 0 Å². The minimum atomic E-state index is -0.997. The van der Waals surface area contributed by atoms with Gasteiger partial charge in [0.25, 0.3) is 0 Å². The highest BCUT2D eigenvalue weighted by Gasteiger charge is 2.65. The van der Waals surface area contributed by atoms with Gasteiger partial charge in [-0.05, 0) is 140 Å². The average Bonchev–Trinajstić information content (AvgIpc) is 3.15. The summed E-state index contributed by atoms with van der Waals surface area (Å²) >= 11 is 0. The number of carbonyl (C=O) groups is 5. The van der Waals surface area contributed by atoms with Gasteiger partial charge in [0.15, 0.2) is 0 Å². The van der Waals surface area contributed by atoms with Crippen LogP contribution in [0.4, 0.5) is 11.4 Å². The van der Waals surface area contributed by atoms with Gasteiger partial charge in [-0.25, -0.2) is 0 Å². The first-order valence-corrected chi connectivity index (χ1v) is 20.6. The number of hydrogen-bond acceptors (Lipinski definition) is 7. The fourth-order valence-electron chi connectivity index (χ4n) is 11.9. The quantitative estimate of drug-likeness (QED) is 0.139. The van der Waals surface area contributed by atoms with E-state index in [0.717, 1.165) is 69.0 Å². The van der Waals surface area contributed by atoms with Crippen LogP contribution in [-0.4, -0.2) is 65.8 Å². The number of nitrogen functional groups attached to an aromatic ring is 1. The van der Waals surface area contributed by atoms with Crippen molar-refractivity contribution in [2.75, 3.05) is 25.1 Å². The van der Waals surface area contributed by atoms with E-state index in [0.29, 0.717) is 12.1 Å². The van der Waals surface area contributed by atoms with Crippen LogP contribution in [0.15, 0.2) is 36.4 Å². The van der Waals surface area contributed by atoms with Crippen molar-refractivity contribution in [3.63, 3.8) is 0 Å². The summed E-state index contributed by atoms with van der Waals surface area (Å²) in [5.74, 6) is -1.92. The van der Waals surface area contributed by atoms with Crippen molar-refractivity contribution in [3.05, 3.63) is 58.7 Å². The van der Waals surface area contributed by atoms with Crippen LogP contribution in [0.2, 0.25) is 0 Å². The van der Waals surface area contributed by atoms with Crippen LogP contribution in [0.3, 0.4) is 0 Å². The smallest absolute Gasteiger partial charge is 0.303 e. The molecule has 56 heavy (non-hydrogen) atoms. The van der Waals surface area contributed by atoms with Crippen LogP contribution in [-0.2, 0) is 47.6 Å². The third-order valence-electron chi connectivity index (χ3n) is 15.7. The molecule has 0 radical (unpaired) electrons. The molecule has 4 aliphatic carbocycles. The van der Waals surface area contributed by atoms with Crippen molar-refractivity contribution in [2.45, 2.75) is 142 Å². The number of carbonyl (C=O) groups excluding carboxylic acids is 4. The lowest BCUT2D eigenvalue weighted by Gasteiger charge is -2.63. The number of rotatable bonds is 10. The predicted octanol–water partition coefficient (Wildman–Crippen LogP) is 6.26. The molecule has 8 atom stereocenters. The summed E-state index contributed by atoms with van der Waals surface area (Å²) in [5, 5.41) is 17.6. The van der Waals surface area contributed by atoms with Gasteiger partial charge in [0.05, 0.1) is 16.9 Å². The first-order valence-electron chi connectivity index (χ1n) is 20.6. The summed E-state index contributed by atoms with van der Waals surface area (Å²) < 4.78 is 0. The first-order chi connectivity index (χ1) is 26.3. The number of carboxylic acids is 1. The zero-order valence-corrected chi connectivity index (χ0v) is 34.7. The minimum Gasteiger partial charge on any atom is -0.481 e. The third kappa shape index (κ3) is 6.61. The number of fused-ring (bicyclic) bond motifs is 6. The highest BCUT2D eigenvalue weighted by atomic mass is 16.4. The Balaban J connectivity index is 1.22. The topological polar surface area (TPSA) is 171 Å². The number of imide groups is 1. The van der Waals surface area contributed by atoms with Crippen LogP contribution >= 0.6 is 0 Å². The largest absolute Gasteiger partial charge is 0.481 e. The Morgan fingerprint density at radius 2 is 1.54 bits per heavy atom. The number of likely N-dealkylation sites (N-methyl/N-ethyl adjacent to an activating group) is 1. The SMILES string of the molecule is CN[C@@H](CCC(=O)O)C(=O)N[C@@H](C)C(=O)Nc1ccc2c(c1)[C@@]1(C)CCC[C@](C)(C(=O)N(C)C(=O)[C@@]3(C)CCC[C@]4(C)c5cc(N)ccc5CC[C@@H]34)[C@]1(C)CC2. The number of nitrogens with zero attached hydrogens (tertiary/aromatic N) is 1. The van der Waals surface area contributed by atoms with Crippen LogP contribution in [0, 0.1) is 22.2 Å². The Kier molecular flexibility index (Phi) is 11.0. The highest BCUT2D eigenvalue weighted by Crippen LogP contribution is 2.66. The molecule has 2 aromatic carbocycles. The summed E-state index contributed by atoms with van der Waals surface area (Å²) in [4.78, 5) is 68.8. The Morgan fingerprint density at radius 3 is 2.23 bits per heavy atom. The number of carboxylic acid groups (broad SMARTS) is 1. The van der Waals surface area contributed by atoms with E-state index in [1.165, 1.54) is 21.6 Å². The molecule has 6 rings (SSSR count). The molecule has 304 valence electrons. The molecule has 0 aromatic heterocycles. The number of nitrogens with two attached hydrogens (primary N) is 1. The Morgan fingerprint density at radius 1 is 0.857 bits per heavy atom. The van der Waals surface area contributed by atoms with E-state index in [1.54, 1.807) is 21.0 Å². The molecule has 0 heterocycles. The van der Waals surface area contributed by atoms with Gasteiger partial charge in [-0.2, -0.15) is 0 Å². The molecule has 0 bridgehead atoms. The van der Waals surface area contributed by atoms with Crippen molar-refractivity contribution in [1.29, 1.82) is 0 Å². The Labute approximate surface area is 332 Å². The van der Waals surface area contributed by atoms with Gasteiger partial charge in [-0.15, -0.1) is 0 Å². The molecular weight excluding hydrogens is 707 g/mol. The number of nitrogens with one attached hydrogen (secondary N) is 3. The van der Waals surface area contributed by atoms with Crippen LogP contribution in [0.5, 0.6) is 0 Å². The number of aliphatic carboxylic acids is 1. The first kappa shape index (κ1) is 41.4. The number of amides is 4. The van der Waals surface area contributed by atoms with Gasteiger partial charge in [-0.3, -0.25) is 28.9 Å². The number of aryl methyl sites for hydroxylation is 2. The van der Waals surface area contributed by atoms with E-state index in [2.05, 4.69) is 68.8 Å². The van der Waals surface area contributed by atoms with E-state index >= 15 is 4.79 Å². The lowest BCUT2D eigenvalue weighted by molar-refractivity contribution is -0.171. The standard InChI is InChI=1S/C45H63N5O6/c1-27(48-38(54)34(47-7)16-18-36(51)52)37(53)49-31-15-12-29-19-24-45(6)43(4,33(29)26-31)22-10-23-44(45,5)40(56)50(8)39(55)42(3)21-9-20-41(2)32-25-30(46)14-11-28(32)13-17-35(41)42/h11-12,14-15,25-27,34-35,47H,9-10,13,16-24,46H2,1-8H3,(H,48,54)(H,49,53)(H,51,52)/t27-,34-,35+,41+,42-,43+,44+,45+/m0/s1. The maximum atomic E-state index is 15.1. The molecule has 6 N–H and O–H groups in total. The third-order valence-corrected chi connectivity index (χ3v) is 15.7. The van der Waals surface area contributed by atoms with Crippen LogP contribution in [0.25, 0.3) is 0 Å². The molecule has 4 amide bonds. The molecular formula is C45H63N5O6. The number of benzene rings is 2. The fourth-order valence-corrected chi connectivity index (χ4v) is 11.9. The molecule has 4 aliphatic rings. The van der Waals surface area contributed by atoms with Crippen molar-refractivity contribution in [2.24, 2.45) is 22.2 Å². The van der Waals surface area contributed by atoms with E-state index < -0.39 is 51.5 Å². The molecule has 11 heteroatoms. The van der Waals surface area contributed by atoms with Crippen molar-refractivity contribution in [1.82, 2.24) is 15.5 Å². The maximum absolute atomic E-state index is 15.1. The lowest BCUT2D eigenvalue weighted by atomic mass is 9.41. The number of hydrogen-bond donors (Lipinski definition) is 5. The van der Waals surface area contributed by atoms with E-state index in [-0.39, 0.29) is 36.0 Å². The Bertz CT molecular complexity index is 1930. The van der Waals surface area contributed by atoms with E-state index in [1.807, 2.05) is 18.2 Å². The summed E-state index contributed by atoms with van der Waals surface area (Å²) in [6.45, 7) is 12.6. The second-order valence-corrected chi connectivity index (χ2v) is 18.6. The number of anilines is 2. The molecule has 0 aliphatic heterocycles. The van der Waals surface area contributed by atoms with Gasteiger partial charge < -0.3 is 26.8 Å². The van der Waals surface area contributed by atoms with Crippen molar-refractivity contribution >= 4 is 41.0 Å². The molecule has 2 aromatic rings. The summed E-state index contributed by atoms with van der Waals surface area (Å²) in [7, 11) is 3.30.